The highest BCUT2D eigenvalue weighted by molar-refractivity contribution is 5.95. The molecule has 2 rings (SSSR count). The molecule has 0 radical (unpaired) electrons. The van der Waals surface area contributed by atoms with Crippen LogP contribution in [0.15, 0.2) is 42.9 Å². The molecular weight excluding hydrogens is 266 g/mol. The van der Waals surface area contributed by atoms with Gasteiger partial charge in [-0.25, -0.2) is 4.98 Å². The van der Waals surface area contributed by atoms with E-state index in [1.54, 1.807) is 36.6 Å². The van der Waals surface area contributed by atoms with E-state index in [1.807, 2.05) is 25.2 Å². The molecule has 0 saturated heterocycles. The van der Waals surface area contributed by atoms with Gasteiger partial charge in [0.2, 0.25) is 0 Å². The van der Waals surface area contributed by atoms with E-state index >= 15 is 0 Å². The van der Waals surface area contributed by atoms with Crippen molar-refractivity contribution in [1.29, 1.82) is 0 Å². The standard InChI is InChI=1S/C15H19N5O/c1-16-8-9-20(2)15(21)12-4-3-5-13(10-12)19-14-11-17-6-7-18-14/h3-7,10-11,16H,8-9H2,1-2H3,(H,18,19). The van der Waals surface area contributed by atoms with Gasteiger partial charge in [-0.1, -0.05) is 6.07 Å². The van der Waals surface area contributed by atoms with E-state index in [-0.39, 0.29) is 5.91 Å². The zero-order valence-electron chi connectivity index (χ0n) is 12.2. The molecule has 0 fully saturated rings. The van der Waals surface area contributed by atoms with Crippen LogP contribution in [-0.2, 0) is 0 Å². The number of likely N-dealkylation sites (N-methyl/N-ethyl adjacent to an activating group) is 2. The van der Waals surface area contributed by atoms with Crippen LogP contribution in [0.4, 0.5) is 11.5 Å². The third kappa shape index (κ3) is 4.25. The van der Waals surface area contributed by atoms with Gasteiger partial charge in [-0.2, -0.15) is 0 Å². The maximum absolute atomic E-state index is 12.3. The van der Waals surface area contributed by atoms with Gasteiger partial charge >= 0.3 is 0 Å². The van der Waals surface area contributed by atoms with Crippen molar-refractivity contribution in [3.63, 3.8) is 0 Å². The maximum atomic E-state index is 12.3. The largest absolute Gasteiger partial charge is 0.340 e. The van der Waals surface area contributed by atoms with Gasteiger partial charge in [0.1, 0.15) is 5.82 Å². The van der Waals surface area contributed by atoms with E-state index in [2.05, 4.69) is 20.6 Å². The minimum absolute atomic E-state index is 0.00644. The fraction of sp³-hybridized carbons (Fsp3) is 0.267. The average Bonchev–Trinajstić information content (AvgIpc) is 2.53. The number of anilines is 2. The number of carbonyl (C=O) groups is 1. The summed E-state index contributed by atoms with van der Waals surface area (Å²) in [5.74, 6) is 0.638. The van der Waals surface area contributed by atoms with E-state index in [0.29, 0.717) is 17.9 Å². The Bertz CT molecular complexity index is 588. The zero-order chi connectivity index (χ0) is 15.1. The van der Waals surface area contributed by atoms with Crippen molar-refractivity contribution in [2.75, 3.05) is 32.5 Å². The van der Waals surface area contributed by atoms with E-state index in [4.69, 9.17) is 0 Å². The number of rotatable bonds is 6. The number of hydrogen-bond acceptors (Lipinski definition) is 5. The molecule has 2 aromatic rings. The predicted octanol–water partition coefficient (Wildman–Crippen LogP) is 1.51. The van der Waals surface area contributed by atoms with Crippen molar-refractivity contribution in [1.82, 2.24) is 20.2 Å². The quantitative estimate of drug-likeness (QED) is 0.842. The highest BCUT2D eigenvalue weighted by atomic mass is 16.2. The van der Waals surface area contributed by atoms with Crippen LogP contribution < -0.4 is 10.6 Å². The second kappa shape index (κ2) is 7.35. The molecule has 0 aliphatic rings. The smallest absolute Gasteiger partial charge is 0.253 e. The lowest BCUT2D eigenvalue weighted by molar-refractivity contribution is 0.0797. The van der Waals surface area contributed by atoms with E-state index in [1.165, 1.54) is 0 Å². The van der Waals surface area contributed by atoms with Crippen LogP contribution in [0.25, 0.3) is 0 Å². The molecule has 0 atom stereocenters. The van der Waals surface area contributed by atoms with Crippen LogP contribution in [0.2, 0.25) is 0 Å². The number of carbonyl (C=O) groups excluding carboxylic acids is 1. The zero-order valence-corrected chi connectivity index (χ0v) is 12.2. The number of nitrogens with one attached hydrogen (secondary N) is 2. The third-order valence-electron chi connectivity index (χ3n) is 2.99. The summed E-state index contributed by atoms with van der Waals surface area (Å²) in [4.78, 5) is 22.1. The molecule has 1 aromatic heterocycles. The summed E-state index contributed by atoms with van der Waals surface area (Å²) in [6.07, 6.45) is 4.86. The van der Waals surface area contributed by atoms with E-state index in [0.717, 1.165) is 12.2 Å². The molecule has 6 heteroatoms. The molecule has 6 nitrogen and oxygen atoms in total. The van der Waals surface area contributed by atoms with Crippen molar-refractivity contribution < 1.29 is 4.79 Å². The third-order valence-corrected chi connectivity index (χ3v) is 2.99. The molecule has 110 valence electrons. The van der Waals surface area contributed by atoms with Gasteiger partial charge < -0.3 is 15.5 Å². The van der Waals surface area contributed by atoms with Crippen LogP contribution in [-0.4, -0.2) is 48.0 Å². The van der Waals surface area contributed by atoms with Crippen molar-refractivity contribution in [2.45, 2.75) is 0 Å². The van der Waals surface area contributed by atoms with E-state index in [9.17, 15) is 4.79 Å². The van der Waals surface area contributed by atoms with Gasteiger partial charge in [-0.05, 0) is 25.2 Å². The van der Waals surface area contributed by atoms with Crippen LogP contribution in [0.1, 0.15) is 10.4 Å². The van der Waals surface area contributed by atoms with Gasteiger partial charge in [-0.3, -0.25) is 9.78 Å². The Balaban J connectivity index is 2.08. The van der Waals surface area contributed by atoms with Gasteiger partial charge in [0, 0.05) is 43.8 Å². The molecule has 1 amide bonds. The Hall–Kier alpha value is -2.47. The molecule has 1 aromatic carbocycles. The topological polar surface area (TPSA) is 70.2 Å². The Kier molecular flexibility index (Phi) is 5.22. The first-order valence-electron chi connectivity index (χ1n) is 6.74. The number of amides is 1. The number of nitrogens with zero attached hydrogens (tertiary/aromatic N) is 3. The molecule has 21 heavy (non-hydrogen) atoms. The molecule has 0 unspecified atom stereocenters. The molecule has 1 heterocycles. The summed E-state index contributed by atoms with van der Waals surface area (Å²) in [5, 5.41) is 6.15. The van der Waals surface area contributed by atoms with Crippen molar-refractivity contribution in [3.8, 4) is 0 Å². The highest BCUT2D eigenvalue weighted by Crippen LogP contribution is 2.16. The second-order valence-corrected chi connectivity index (χ2v) is 4.63. The minimum Gasteiger partial charge on any atom is -0.340 e. The first-order valence-corrected chi connectivity index (χ1v) is 6.74. The SMILES string of the molecule is CNCCN(C)C(=O)c1cccc(Nc2cnccn2)c1. The summed E-state index contributed by atoms with van der Waals surface area (Å²) in [5.41, 5.74) is 1.45. The molecule has 0 bridgehead atoms. The summed E-state index contributed by atoms with van der Waals surface area (Å²) in [6, 6.07) is 7.35. The molecule has 0 aliphatic carbocycles. The van der Waals surface area contributed by atoms with Crippen molar-refractivity contribution in [2.24, 2.45) is 0 Å². The Morgan fingerprint density at radius 3 is 2.90 bits per heavy atom. The van der Waals surface area contributed by atoms with Crippen molar-refractivity contribution >= 4 is 17.4 Å². The van der Waals surface area contributed by atoms with Crippen LogP contribution in [0, 0.1) is 0 Å². The predicted molar refractivity (Wildman–Crippen MR) is 82.6 cm³/mol. The number of aromatic nitrogens is 2. The van der Waals surface area contributed by atoms with Crippen LogP contribution >= 0.6 is 0 Å². The van der Waals surface area contributed by atoms with Crippen molar-refractivity contribution in [3.05, 3.63) is 48.4 Å². The first kappa shape index (κ1) is 14.9. The Morgan fingerprint density at radius 2 is 2.19 bits per heavy atom. The summed E-state index contributed by atoms with van der Waals surface area (Å²) < 4.78 is 0. The maximum Gasteiger partial charge on any atom is 0.253 e. The lowest BCUT2D eigenvalue weighted by Crippen LogP contribution is -2.32. The average molecular weight is 285 g/mol. The Morgan fingerprint density at radius 1 is 1.33 bits per heavy atom. The van der Waals surface area contributed by atoms with Crippen LogP contribution in [0.3, 0.4) is 0 Å². The lowest BCUT2D eigenvalue weighted by Gasteiger charge is -2.17. The molecule has 0 saturated carbocycles. The second-order valence-electron chi connectivity index (χ2n) is 4.63. The molecule has 0 aliphatic heterocycles. The van der Waals surface area contributed by atoms with Gasteiger partial charge in [0.05, 0.1) is 6.20 Å². The van der Waals surface area contributed by atoms with Gasteiger partial charge in [0.25, 0.3) is 5.91 Å². The highest BCUT2D eigenvalue weighted by Gasteiger charge is 2.11. The molecule has 2 N–H and O–H groups in total. The fourth-order valence-corrected chi connectivity index (χ4v) is 1.84. The fourth-order valence-electron chi connectivity index (χ4n) is 1.84. The molecular formula is C15H19N5O. The van der Waals surface area contributed by atoms with Gasteiger partial charge in [0.15, 0.2) is 0 Å². The summed E-state index contributed by atoms with van der Waals surface area (Å²) in [7, 11) is 3.66. The lowest BCUT2D eigenvalue weighted by atomic mass is 10.1. The monoisotopic (exact) mass is 285 g/mol. The first-order chi connectivity index (χ1) is 10.2. The minimum atomic E-state index is -0.00644. The molecule has 0 spiro atoms. The number of hydrogen-bond donors (Lipinski definition) is 2. The Labute approximate surface area is 124 Å². The number of benzene rings is 1. The summed E-state index contributed by atoms with van der Waals surface area (Å²) in [6.45, 7) is 1.43. The van der Waals surface area contributed by atoms with E-state index < -0.39 is 0 Å². The summed E-state index contributed by atoms with van der Waals surface area (Å²) >= 11 is 0. The normalized spacial score (nSPS) is 10.2. The van der Waals surface area contributed by atoms with Crippen LogP contribution in [0.5, 0.6) is 0 Å². The van der Waals surface area contributed by atoms with Gasteiger partial charge in [-0.15, -0.1) is 0 Å².